The molecule has 0 saturated carbocycles. The number of alkyl halides is 1. The number of rotatable bonds is 3. The molecule has 4 nitrogen and oxygen atoms in total. The van der Waals surface area contributed by atoms with Gasteiger partial charge in [-0.15, -0.1) is 0 Å². The number of nitrogens with zero attached hydrogens (tertiary/aromatic N) is 1. The van der Waals surface area contributed by atoms with E-state index >= 15 is 0 Å². The molecule has 2 rings (SSSR count). The van der Waals surface area contributed by atoms with Crippen molar-refractivity contribution in [1.82, 2.24) is 4.31 Å². The van der Waals surface area contributed by atoms with E-state index in [4.69, 9.17) is 0 Å². The summed E-state index contributed by atoms with van der Waals surface area (Å²) in [4.78, 5) is 0.287. The van der Waals surface area contributed by atoms with E-state index in [1.54, 1.807) is 31.2 Å². The van der Waals surface area contributed by atoms with E-state index < -0.39 is 15.6 Å². The Kier molecular flexibility index (Phi) is 4.35. The maximum Gasteiger partial charge on any atom is 0.243 e. The molecule has 1 aromatic carbocycles. The van der Waals surface area contributed by atoms with Gasteiger partial charge in [0.05, 0.1) is 10.5 Å². The minimum atomic E-state index is -3.50. The topological polar surface area (TPSA) is 57.6 Å². The Morgan fingerprint density at radius 3 is 2.53 bits per heavy atom. The number of β-amino-alcohol motifs (C(OH)–C–C–N with tert-alkyl or cyclic N) is 1. The van der Waals surface area contributed by atoms with Crippen LogP contribution in [-0.4, -0.2) is 36.5 Å². The number of hydrogen-bond acceptors (Lipinski definition) is 3. The Labute approximate surface area is 122 Å². The lowest BCUT2D eigenvalue weighted by molar-refractivity contribution is 0.00940. The van der Waals surface area contributed by atoms with Crippen LogP contribution in [0.2, 0.25) is 0 Å². The van der Waals surface area contributed by atoms with Gasteiger partial charge in [-0.05, 0) is 37.5 Å². The van der Waals surface area contributed by atoms with Crippen molar-refractivity contribution < 1.29 is 13.5 Å². The molecule has 106 valence electrons. The maximum atomic E-state index is 12.5. The van der Waals surface area contributed by atoms with Gasteiger partial charge in [-0.2, -0.15) is 4.31 Å². The summed E-state index contributed by atoms with van der Waals surface area (Å²) < 4.78 is 26.3. The molecule has 1 saturated heterocycles. The van der Waals surface area contributed by atoms with Gasteiger partial charge in [-0.3, -0.25) is 0 Å². The number of hydrogen-bond donors (Lipinski definition) is 1. The van der Waals surface area contributed by atoms with E-state index in [-0.39, 0.29) is 11.4 Å². The van der Waals surface area contributed by atoms with Crippen LogP contribution in [0, 0.1) is 0 Å². The van der Waals surface area contributed by atoms with Crippen LogP contribution in [0.3, 0.4) is 0 Å². The van der Waals surface area contributed by atoms with Crippen LogP contribution >= 0.6 is 15.9 Å². The van der Waals surface area contributed by atoms with E-state index in [9.17, 15) is 13.5 Å². The first-order chi connectivity index (χ1) is 8.85. The third kappa shape index (κ3) is 3.37. The van der Waals surface area contributed by atoms with Gasteiger partial charge in [0.25, 0.3) is 0 Å². The highest BCUT2D eigenvalue weighted by Crippen LogP contribution is 2.26. The molecule has 6 heteroatoms. The Bertz CT molecular complexity index is 540. The van der Waals surface area contributed by atoms with Gasteiger partial charge in [0.2, 0.25) is 10.0 Å². The molecule has 1 aromatic rings. The molecule has 1 N–H and O–H groups in total. The fraction of sp³-hybridized carbons (Fsp3) is 0.538. The smallest absolute Gasteiger partial charge is 0.243 e. The van der Waals surface area contributed by atoms with Gasteiger partial charge >= 0.3 is 0 Å². The highest BCUT2D eigenvalue weighted by Gasteiger charge is 2.35. The van der Waals surface area contributed by atoms with Crippen molar-refractivity contribution in [2.75, 3.05) is 13.1 Å². The molecule has 0 bridgehead atoms. The van der Waals surface area contributed by atoms with Crippen molar-refractivity contribution in [3.05, 3.63) is 29.8 Å². The van der Waals surface area contributed by atoms with Crippen molar-refractivity contribution in [2.24, 2.45) is 0 Å². The SMILES string of the molecule is CC1(O)CCCN(S(=O)(=O)c2ccc(CBr)cc2)C1. The van der Waals surface area contributed by atoms with Crippen LogP contribution in [0.25, 0.3) is 0 Å². The molecule has 0 radical (unpaired) electrons. The van der Waals surface area contributed by atoms with Crippen LogP contribution in [-0.2, 0) is 15.4 Å². The zero-order valence-electron chi connectivity index (χ0n) is 10.8. The number of aliphatic hydroxyl groups is 1. The summed E-state index contributed by atoms with van der Waals surface area (Å²) in [6.45, 7) is 2.32. The summed E-state index contributed by atoms with van der Waals surface area (Å²) in [7, 11) is -3.50. The lowest BCUT2D eigenvalue weighted by Crippen LogP contribution is -2.48. The monoisotopic (exact) mass is 347 g/mol. The summed E-state index contributed by atoms with van der Waals surface area (Å²) in [6, 6.07) is 6.83. The maximum absolute atomic E-state index is 12.5. The normalized spacial score (nSPS) is 25.4. The van der Waals surface area contributed by atoms with Gasteiger partial charge in [0.1, 0.15) is 0 Å². The number of piperidine rings is 1. The first-order valence-corrected chi connectivity index (χ1v) is 8.79. The molecular weight excluding hydrogens is 330 g/mol. The fourth-order valence-corrected chi connectivity index (χ4v) is 4.25. The molecule has 0 aromatic heterocycles. The predicted octanol–water partition coefficient (Wildman–Crippen LogP) is 2.12. The molecular formula is C13H18BrNO3S. The van der Waals surface area contributed by atoms with E-state index in [0.717, 1.165) is 5.56 Å². The quantitative estimate of drug-likeness (QED) is 0.852. The van der Waals surface area contributed by atoms with E-state index in [0.29, 0.717) is 24.7 Å². The molecule has 0 spiro atoms. The van der Waals surface area contributed by atoms with Gasteiger partial charge in [0.15, 0.2) is 0 Å². The van der Waals surface area contributed by atoms with Crippen LogP contribution in [0.4, 0.5) is 0 Å². The van der Waals surface area contributed by atoms with Crippen molar-refractivity contribution in [3.63, 3.8) is 0 Å². The van der Waals surface area contributed by atoms with Crippen LogP contribution in [0.15, 0.2) is 29.2 Å². The van der Waals surface area contributed by atoms with Gasteiger partial charge < -0.3 is 5.11 Å². The number of halogens is 1. The largest absolute Gasteiger partial charge is 0.389 e. The van der Waals surface area contributed by atoms with E-state index in [1.807, 2.05) is 0 Å². The second-order valence-corrected chi connectivity index (χ2v) is 7.72. The van der Waals surface area contributed by atoms with E-state index in [1.165, 1.54) is 4.31 Å². The molecule has 0 aliphatic carbocycles. The summed E-state index contributed by atoms with van der Waals surface area (Å²) >= 11 is 3.33. The minimum absolute atomic E-state index is 0.162. The van der Waals surface area contributed by atoms with Gasteiger partial charge in [-0.1, -0.05) is 28.1 Å². The lowest BCUT2D eigenvalue weighted by atomic mass is 9.97. The lowest BCUT2D eigenvalue weighted by Gasteiger charge is -2.35. The molecule has 0 amide bonds. The predicted molar refractivity (Wildman–Crippen MR) is 77.7 cm³/mol. The Hall–Kier alpha value is -0.430. The summed E-state index contributed by atoms with van der Waals surface area (Å²) in [5, 5.41) is 10.7. The van der Waals surface area contributed by atoms with Crippen LogP contribution in [0.5, 0.6) is 0 Å². The van der Waals surface area contributed by atoms with Crippen molar-refractivity contribution >= 4 is 26.0 Å². The standard InChI is InChI=1S/C13H18BrNO3S/c1-13(16)7-2-8-15(10-13)19(17,18)12-5-3-11(9-14)4-6-12/h3-6,16H,2,7-10H2,1H3. The zero-order chi connectivity index (χ0) is 14.1. The molecule has 1 aliphatic heterocycles. The second kappa shape index (κ2) is 5.52. The summed E-state index contributed by atoms with van der Waals surface area (Å²) in [6.07, 6.45) is 1.33. The molecule has 1 aliphatic rings. The van der Waals surface area contributed by atoms with Gasteiger partial charge in [0, 0.05) is 18.4 Å². The fourth-order valence-electron chi connectivity index (χ4n) is 2.28. The van der Waals surface area contributed by atoms with Crippen LogP contribution < -0.4 is 0 Å². The summed E-state index contributed by atoms with van der Waals surface area (Å²) in [5.74, 6) is 0. The molecule has 1 heterocycles. The Morgan fingerprint density at radius 2 is 2.00 bits per heavy atom. The first-order valence-electron chi connectivity index (χ1n) is 6.23. The Morgan fingerprint density at radius 1 is 1.37 bits per heavy atom. The molecule has 1 fully saturated rings. The summed E-state index contributed by atoms with van der Waals surface area (Å²) in [5.41, 5.74) is 0.103. The average Bonchev–Trinajstić information content (AvgIpc) is 2.37. The number of benzene rings is 1. The minimum Gasteiger partial charge on any atom is -0.389 e. The van der Waals surface area contributed by atoms with Crippen molar-refractivity contribution in [3.8, 4) is 0 Å². The Balaban J connectivity index is 2.26. The molecule has 19 heavy (non-hydrogen) atoms. The number of sulfonamides is 1. The zero-order valence-corrected chi connectivity index (χ0v) is 13.2. The highest BCUT2D eigenvalue weighted by atomic mass is 79.9. The highest BCUT2D eigenvalue weighted by molar-refractivity contribution is 9.08. The van der Waals surface area contributed by atoms with Crippen LogP contribution in [0.1, 0.15) is 25.3 Å². The molecule has 1 atom stereocenters. The average molecular weight is 348 g/mol. The van der Waals surface area contributed by atoms with Crippen molar-refractivity contribution in [1.29, 1.82) is 0 Å². The first kappa shape index (κ1) is 15.0. The third-order valence-electron chi connectivity index (χ3n) is 3.36. The van der Waals surface area contributed by atoms with Gasteiger partial charge in [-0.25, -0.2) is 8.42 Å². The van der Waals surface area contributed by atoms with Crippen molar-refractivity contribution in [2.45, 2.75) is 35.6 Å². The van der Waals surface area contributed by atoms with E-state index in [2.05, 4.69) is 15.9 Å². The third-order valence-corrected chi connectivity index (χ3v) is 5.86. The molecule has 1 unspecified atom stereocenters. The second-order valence-electron chi connectivity index (χ2n) is 5.22.